The number of carbonyl (C=O) groups excluding carboxylic acids is 1. The lowest BCUT2D eigenvalue weighted by Crippen LogP contribution is -2.35. The van der Waals surface area contributed by atoms with Crippen molar-refractivity contribution in [1.29, 1.82) is 0 Å². The minimum absolute atomic E-state index is 0. The van der Waals surface area contributed by atoms with Crippen molar-refractivity contribution in [2.75, 3.05) is 26.2 Å². The molecule has 0 fully saturated rings. The number of carbonyl (C=O) groups is 1. The average Bonchev–Trinajstić information content (AvgIpc) is 2.51. The lowest BCUT2D eigenvalue weighted by Gasteiger charge is -2.17. The normalized spacial score (nSPS) is 10.1. The van der Waals surface area contributed by atoms with Crippen LogP contribution in [0.3, 0.4) is 0 Å². The first-order valence-corrected chi connectivity index (χ1v) is 8.28. The summed E-state index contributed by atoms with van der Waals surface area (Å²) in [5.74, 6) is -0.108. The smallest absolute Gasteiger partial charge is 0.269 e. The molecule has 1 aromatic carbocycles. The van der Waals surface area contributed by atoms with Gasteiger partial charge < -0.3 is 10.2 Å². The van der Waals surface area contributed by atoms with Gasteiger partial charge in [-0.25, -0.2) is 0 Å². The first-order valence-electron chi connectivity index (χ1n) is 7.20. The molecule has 1 amide bonds. The summed E-state index contributed by atoms with van der Waals surface area (Å²) in [6.07, 6.45) is 1.76. The molecule has 128 valence electrons. The molecule has 0 spiro atoms. The Hall–Kier alpha value is -0.630. The number of aromatic nitrogens is 1. The fraction of sp³-hybridized carbons (Fsp3) is 0.375. The number of pyridine rings is 1. The summed E-state index contributed by atoms with van der Waals surface area (Å²) in [4.78, 5) is 18.7. The Balaban J connectivity index is 0.00000242. The molecule has 7 heteroatoms. The van der Waals surface area contributed by atoms with Crippen LogP contribution in [0.25, 0.3) is 10.8 Å². The monoisotopic (exact) mass is 467 g/mol. The maximum absolute atomic E-state index is 12.2. The Labute approximate surface area is 163 Å². The summed E-state index contributed by atoms with van der Waals surface area (Å²) in [6.45, 7) is 7.75. The second-order valence-corrected chi connectivity index (χ2v) is 5.98. The number of nitrogens with zero attached hydrogens (tertiary/aromatic N) is 2. The summed E-state index contributed by atoms with van der Waals surface area (Å²) in [5.41, 5.74) is 0.478. The van der Waals surface area contributed by atoms with E-state index in [2.05, 4.69) is 51.6 Å². The summed E-state index contributed by atoms with van der Waals surface area (Å²) < 4.78 is 1.13. The molecule has 0 bridgehead atoms. The zero-order valence-electron chi connectivity index (χ0n) is 13.2. The lowest BCUT2D eigenvalue weighted by molar-refractivity contribution is 0.0944. The molecule has 0 saturated heterocycles. The Morgan fingerprint density at radius 2 is 1.96 bits per heavy atom. The molecular formula is C16H22Cl2IN3O. The van der Waals surface area contributed by atoms with Crippen molar-refractivity contribution in [3.8, 4) is 0 Å². The van der Waals surface area contributed by atoms with E-state index in [1.54, 1.807) is 6.20 Å². The van der Waals surface area contributed by atoms with Crippen molar-refractivity contribution in [2.24, 2.45) is 0 Å². The molecule has 2 aromatic rings. The van der Waals surface area contributed by atoms with Crippen molar-refractivity contribution < 1.29 is 4.79 Å². The number of fused-ring (bicyclic) bond motifs is 1. The Morgan fingerprint density at radius 1 is 1.26 bits per heavy atom. The molecule has 0 atom stereocenters. The number of benzene rings is 1. The Bertz CT molecular complexity index is 636. The van der Waals surface area contributed by atoms with Crippen LogP contribution in [0.5, 0.6) is 0 Å². The number of likely N-dealkylation sites (N-methyl/N-ethyl adjacent to an activating group) is 1. The fourth-order valence-corrected chi connectivity index (χ4v) is 2.89. The SMILES string of the molecule is CCN(CC)CCNC(=O)c1cc2c([125I])cccc2cn1.Cl.Cl. The van der Waals surface area contributed by atoms with E-state index in [-0.39, 0.29) is 30.7 Å². The van der Waals surface area contributed by atoms with Gasteiger partial charge in [0, 0.05) is 28.2 Å². The molecule has 1 N–H and O–H groups in total. The molecule has 23 heavy (non-hydrogen) atoms. The van der Waals surface area contributed by atoms with Crippen LogP contribution in [0.1, 0.15) is 24.3 Å². The number of halogens is 3. The lowest BCUT2D eigenvalue weighted by atomic mass is 10.1. The third-order valence-corrected chi connectivity index (χ3v) is 4.49. The van der Waals surface area contributed by atoms with E-state index in [0.29, 0.717) is 12.2 Å². The molecule has 1 aromatic heterocycles. The van der Waals surface area contributed by atoms with E-state index < -0.39 is 0 Å². The number of amides is 1. The molecule has 0 radical (unpaired) electrons. The highest BCUT2D eigenvalue weighted by Gasteiger charge is 2.09. The highest BCUT2D eigenvalue weighted by Crippen LogP contribution is 2.20. The van der Waals surface area contributed by atoms with E-state index in [1.165, 1.54) is 0 Å². The first-order chi connectivity index (χ1) is 10.2. The van der Waals surface area contributed by atoms with Gasteiger partial charge in [0.05, 0.1) is 0 Å². The van der Waals surface area contributed by atoms with E-state index in [9.17, 15) is 4.79 Å². The van der Waals surface area contributed by atoms with E-state index >= 15 is 0 Å². The van der Waals surface area contributed by atoms with Crippen molar-refractivity contribution in [2.45, 2.75) is 13.8 Å². The second kappa shape index (κ2) is 11.0. The minimum atomic E-state index is -0.108. The maximum atomic E-state index is 12.2. The molecule has 0 unspecified atom stereocenters. The minimum Gasteiger partial charge on any atom is -0.349 e. The Morgan fingerprint density at radius 3 is 2.61 bits per heavy atom. The highest BCUT2D eigenvalue weighted by molar-refractivity contribution is 14.1. The second-order valence-electron chi connectivity index (χ2n) is 4.81. The molecule has 0 saturated carbocycles. The average molecular weight is 468 g/mol. The molecule has 0 aliphatic heterocycles. The van der Waals surface area contributed by atoms with Crippen LogP contribution in [-0.4, -0.2) is 42.0 Å². The third kappa shape index (κ3) is 6.06. The van der Waals surface area contributed by atoms with Crippen molar-refractivity contribution in [1.82, 2.24) is 15.2 Å². The zero-order valence-corrected chi connectivity index (χ0v) is 17.0. The van der Waals surface area contributed by atoms with Gasteiger partial charge in [0.2, 0.25) is 0 Å². The standard InChI is InChI=1S/C16H20IN3O.2ClH/c1-3-20(4-2)9-8-18-16(21)15-10-13-12(11-19-15)6-5-7-14(13)17;;/h5-7,10-11H,3-4,8-9H2,1-2H3,(H,18,21);2*1H/i17-2;;. The predicted molar refractivity (Wildman–Crippen MR) is 109 cm³/mol. The molecule has 2 rings (SSSR count). The predicted octanol–water partition coefficient (Wildman–Crippen LogP) is 3.75. The number of nitrogens with one attached hydrogen (secondary N) is 1. The van der Waals surface area contributed by atoms with Crippen molar-refractivity contribution in [3.05, 3.63) is 39.7 Å². The van der Waals surface area contributed by atoms with Crippen LogP contribution in [0.4, 0.5) is 0 Å². The number of rotatable bonds is 6. The molecule has 0 aliphatic rings. The third-order valence-electron chi connectivity index (χ3n) is 3.55. The van der Waals surface area contributed by atoms with Gasteiger partial charge in [0.25, 0.3) is 5.91 Å². The van der Waals surface area contributed by atoms with Gasteiger partial charge in [0.1, 0.15) is 5.69 Å². The van der Waals surface area contributed by atoms with E-state index in [1.807, 2.05) is 24.3 Å². The van der Waals surface area contributed by atoms with Crippen molar-refractivity contribution >= 4 is 64.1 Å². The first kappa shape index (κ1) is 22.4. The zero-order chi connectivity index (χ0) is 15.2. The summed E-state index contributed by atoms with van der Waals surface area (Å²) in [6, 6.07) is 7.90. The van der Waals surface area contributed by atoms with Crippen LogP contribution in [0.15, 0.2) is 30.5 Å². The van der Waals surface area contributed by atoms with E-state index in [0.717, 1.165) is 34.0 Å². The van der Waals surface area contributed by atoms with Gasteiger partial charge in [-0.15, -0.1) is 24.8 Å². The molecule has 0 aliphatic carbocycles. The number of hydrogen-bond donors (Lipinski definition) is 1. The quantitative estimate of drug-likeness (QED) is 0.658. The van der Waals surface area contributed by atoms with E-state index in [4.69, 9.17) is 0 Å². The van der Waals surface area contributed by atoms with Gasteiger partial charge in [-0.1, -0.05) is 26.0 Å². The molecular weight excluding hydrogens is 446 g/mol. The van der Waals surface area contributed by atoms with Crippen LogP contribution in [0, 0.1) is 3.57 Å². The van der Waals surface area contributed by atoms with Gasteiger partial charge in [0.15, 0.2) is 0 Å². The fourth-order valence-electron chi connectivity index (χ4n) is 2.21. The van der Waals surface area contributed by atoms with Gasteiger partial charge in [-0.3, -0.25) is 9.78 Å². The maximum Gasteiger partial charge on any atom is 0.269 e. The van der Waals surface area contributed by atoms with Crippen molar-refractivity contribution in [3.63, 3.8) is 0 Å². The number of hydrogen-bond acceptors (Lipinski definition) is 3. The summed E-state index contributed by atoms with van der Waals surface area (Å²) >= 11 is 2.28. The summed E-state index contributed by atoms with van der Waals surface area (Å²) in [5, 5.41) is 5.06. The van der Waals surface area contributed by atoms with Gasteiger partial charge in [-0.2, -0.15) is 0 Å². The topological polar surface area (TPSA) is 45.2 Å². The Kier molecular flexibility index (Phi) is 10.7. The van der Waals surface area contributed by atoms with Gasteiger partial charge >= 0.3 is 0 Å². The van der Waals surface area contributed by atoms with Crippen LogP contribution < -0.4 is 5.32 Å². The molecule has 1 heterocycles. The molecule has 4 nitrogen and oxygen atoms in total. The largest absolute Gasteiger partial charge is 0.349 e. The summed E-state index contributed by atoms with van der Waals surface area (Å²) in [7, 11) is 0. The van der Waals surface area contributed by atoms with Gasteiger partial charge in [-0.05, 0) is 53.2 Å². The highest BCUT2D eigenvalue weighted by atomic mass is 125. The van der Waals surface area contributed by atoms with Crippen LogP contribution >= 0.6 is 47.4 Å². The van der Waals surface area contributed by atoms with Crippen LogP contribution in [-0.2, 0) is 0 Å². The van der Waals surface area contributed by atoms with Crippen LogP contribution in [0.2, 0.25) is 0 Å².